The summed E-state index contributed by atoms with van der Waals surface area (Å²) in [6.45, 7) is 3.90. The third kappa shape index (κ3) is 2.12. The van der Waals surface area contributed by atoms with E-state index in [0.717, 1.165) is 28.1 Å². The van der Waals surface area contributed by atoms with E-state index in [9.17, 15) is 9.18 Å². The summed E-state index contributed by atoms with van der Waals surface area (Å²) in [5.41, 5.74) is 4.92. The Hall–Kier alpha value is -2.95. The van der Waals surface area contributed by atoms with Gasteiger partial charge < -0.3 is 0 Å². The number of amides is 1. The number of aryl methyl sites for hydroxylation is 2. The molecule has 1 aromatic heterocycles. The van der Waals surface area contributed by atoms with Crippen LogP contribution in [0.25, 0.3) is 0 Å². The lowest BCUT2D eigenvalue weighted by molar-refractivity contribution is 0.0988. The summed E-state index contributed by atoms with van der Waals surface area (Å²) in [7, 11) is 0. The molecule has 1 atom stereocenters. The molecule has 24 heavy (non-hydrogen) atoms. The van der Waals surface area contributed by atoms with Crippen molar-refractivity contribution in [1.29, 1.82) is 0 Å². The summed E-state index contributed by atoms with van der Waals surface area (Å²) in [4.78, 5) is 14.6. The molecule has 1 aliphatic rings. The molecule has 120 valence electrons. The van der Waals surface area contributed by atoms with Crippen molar-refractivity contribution in [3.8, 4) is 0 Å². The number of fused-ring (bicyclic) bond motifs is 1. The van der Waals surface area contributed by atoms with E-state index in [1.165, 1.54) is 12.1 Å². The van der Waals surface area contributed by atoms with Gasteiger partial charge in [-0.3, -0.25) is 14.8 Å². The van der Waals surface area contributed by atoms with Gasteiger partial charge in [-0.25, -0.2) is 4.39 Å². The predicted octanol–water partition coefficient (Wildman–Crippen LogP) is 3.92. The van der Waals surface area contributed by atoms with E-state index in [1.54, 1.807) is 17.0 Å². The number of nitrogens with zero attached hydrogens (tertiary/aromatic N) is 2. The Bertz CT molecular complexity index is 913. The first-order chi connectivity index (χ1) is 11.6. The van der Waals surface area contributed by atoms with Crippen molar-refractivity contribution in [2.75, 3.05) is 4.90 Å². The van der Waals surface area contributed by atoms with Gasteiger partial charge in [-0.1, -0.05) is 29.8 Å². The van der Waals surface area contributed by atoms with Gasteiger partial charge in [0.1, 0.15) is 5.82 Å². The second-order valence-electron chi connectivity index (χ2n) is 6.08. The minimum atomic E-state index is -0.311. The minimum Gasteiger partial charge on any atom is -0.295 e. The Kier molecular flexibility index (Phi) is 3.23. The average molecular weight is 321 g/mol. The second-order valence-corrected chi connectivity index (χ2v) is 6.08. The van der Waals surface area contributed by atoms with Gasteiger partial charge in [0.25, 0.3) is 5.91 Å². The summed E-state index contributed by atoms with van der Waals surface area (Å²) < 4.78 is 13.3. The highest BCUT2D eigenvalue weighted by atomic mass is 19.1. The molecule has 0 saturated carbocycles. The molecular weight excluding hydrogens is 305 g/mol. The van der Waals surface area contributed by atoms with Crippen molar-refractivity contribution in [3.63, 3.8) is 0 Å². The number of hydrogen-bond donors (Lipinski definition) is 1. The van der Waals surface area contributed by atoms with Crippen LogP contribution in [-0.4, -0.2) is 16.1 Å². The summed E-state index contributed by atoms with van der Waals surface area (Å²) in [5.74, 6) is -0.443. The Morgan fingerprint density at radius 3 is 2.38 bits per heavy atom. The summed E-state index contributed by atoms with van der Waals surface area (Å²) in [6, 6.07) is 13.8. The molecule has 1 aliphatic heterocycles. The van der Waals surface area contributed by atoms with E-state index in [2.05, 4.69) is 10.2 Å². The van der Waals surface area contributed by atoms with Gasteiger partial charge in [-0.15, -0.1) is 0 Å². The fraction of sp³-hybridized carbons (Fsp3) is 0.158. The molecule has 1 N–H and O–H groups in total. The van der Waals surface area contributed by atoms with E-state index in [1.807, 2.05) is 38.1 Å². The number of carbonyl (C=O) groups is 1. The fourth-order valence-corrected chi connectivity index (χ4v) is 3.23. The van der Waals surface area contributed by atoms with E-state index < -0.39 is 0 Å². The first kappa shape index (κ1) is 14.6. The summed E-state index contributed by atoms with van der Waals surface area (Å²) in [5, 5.41) is 7.06. The van der Waals surface area contributed by atoms with Crippen LogP contribution in [0, 0.1) is 19.7 Å². The number of anilines is 1. The molecule has 2 aromatic carbocycles. The summed E-state index contributed by atoms with van der Waals surface area (Å²) in [6.07, 6.45) is 0. The first-order valence-corrected chi connectivity index (χ1v) is 7.77. The topological polar surface area (TPSA) is 49.0 Å². The van der Waals surface area contributed by atoms with Gasteiger partial charge in [0.15, 0.2) is 5.69 Å². The predicted molar refractivity (Wildman–Crippen MR) is 89.6 cm³/mol. The van der Waals surface area contributed by atoms with Crippen LogP contribution in [0.2, 0.25) is 0 Å². The maximum atomic E-state index is 13.3. The number of aromatic amines is 1. The van der Waals surface area contributed by atoms with Crippen LogP contribution < -0.4 is 4.90 Å². The molecule has 0 fully saturated rings. The highest BCUT2D eigenvalue weighted by molar-refractivity contribution is 6.10. The highest BCUT2D eigenvalue weighted by Crippen LogP contribution is 2.42. The van der Waals surface area contributed by atoms with Crippen LogP contribution in [0.5, 0.6) is 0 Å². The largest absolute Gasteiger partial charge is 0.295 e. The van der Waals surface area contributed by atoms with E-state index in [4.69, 9.17) is 0 Å². The number of hydrogen-bond acceptors (Lipinski definition) is 2. The number of benzene rings is 2. The maximum Gasteiger partial charge on any atom is 0.279 e. The SMILES string of the molecule is Cc1ccc(N2C(=O)c3n[nH]c(C)c3[C@@H]2c2ccc(F)cc2)cc1. The monoisotopic (exact) mass is 321 g/mol. The zero-order valence-corrected chi connectivity index (χ0v) is 13.4. The van der Waals surface area contributed by atoms with Gasteiger partial charge in [-0.2, -0.15) is 5.10 Å². The quantitative estimate of drug-likeness (QED) is 0.778. The molecule has 3 aromatic rings. The number of halogens is 1. The molecule has 4 nitrogen and oxygen atoms in total. The van der Waals surface area contributed by atoms with Gasteiger partial charge in [0.05, 0.1) is 6.04 Å². The van der Waals surface area contributed by atoms with Crippen molar-refractivity contribution < 1.29 is 9.18 Å². The van der Waals surface area contributed by atoms with Crippen LogP contribution in [0.15, 0.2) is 48.5 Å². The number of H-pyrrole nitrogens is 1. The van der Waals surface area contributed by atoms with E-state index >= 15 is 0 Å². The number of carbonyl (C=O) groups excluding carboxylic acids is 1. The molecule has 0 spiro atoms. The Labute approximate surface area is 138 Å². The lowest BCUT2D eigenvalue weighted by atomic mass is 9.99. The average Bonchev–Trinajstić information content (AvgIpc) is 3.09. The van der Waals surface area contributed by atoms with Gasteiger partial charge >= 0.3 is 0 Å². The molecule has 1 amide bonds. The molecule has 0 aliphatic carbocycles. The summed E-state index contributed by atoms with van der Waals surface area (Å²) >= 11 is 0. The third-order valence-electron chi connectivity index (χ3n) is 4.45. The molecule has 5 heteroatoms. The fourth-order valence-electron chi connectivity index (χ4n) is 3.23. The lowest BCUT2D eigenvalue weighted by Crippen LogP contribution is -2.29. The van der Waals surface area contributed by atoms with Crippen LogP contribution in [0.1, 0.15) is 38.9 Å². The van der Waals surface area contributed by atoms with Crippen LogP contribution >= 0.6 is 0 Å². The van der Waals surface area contributed by atoms with Crippen LogP contribution in [0.4, 0.5) is 10.1 Å². The highest BCUT2D eigenvalue weighted by Gasteiger charge is 2.42. The second kappa shape index (κ2) is 5.30. The molecule has 0 saturated heterocycles. The van der Waals surface area contributed by atoms with Crippen molar-refractivity contribution in [3.05, 3.63) is 82.4 Å². The third-order valence-corrected chi connectivity index (χ3v) is 4.45. The first-order valence-electron chi connectivity index (χ1n) is 7.77. The molecule has 0 radical (unpaired) electrons. The standard InChI is InChI=1S/C19H16FN3O/c1-11-3-9-15(10-4-11)23-18(13-5-7-14(20)8-6-13)16-12(2)21-22-17(16)19(23)24/h3-10,18H,1-2H3,(H,21,22)/t18-/m0/s1. The zero-order chi connectivity index (χ0) is 16.8. The van der Waals surface area contributed by atoms with Crippen molar-refractivity contribution in [1.82, 2.24) is 10.2 Å². The minimum absolute atomic E-state index is 0.146. The van der Waals surface area contributed by atoms with E-state index in [-0.39, 0.29) is 17.8 Å². The van der Waals surface area contributed by atoms with Crippen molar-refractivity contribution in [2.24, 2.45) is 0 Å². The normalized spacial score (nSPS) is 16.5. The Balaban J connectivity index is 1.89. The number of rotatable bonds is 2. The Morgan fingerprint density at radius 1 is 1.04 bits per heavy atom. The van der Waals surface area contributed by atoms with Gasteiger partial charge in [0.2, 0.25) is 0 Å². The van der Waals surface area contributed by atoms with Crippen LogP contribution in [-0.2, 0) is 0 Å². The number of aromatic nitrogens is 2. The van der Waals surface area contributed by atoms with E-state index in [0.29, 0.717) is 5.69 Å². The molecule has 4 rings (SSSR count). The lowest BCUT2D eigenvalue weighted by Gasteiger charge is -2.26. The molecular formula is C19H16FN3O. The van der Waals surface area contributed by atoms with Gasteiger partial charge in [0, 0.05) is 16.9 Å². The van der Waals surface area contributed by atoms with Crippen LogP contribution in [0.3, 0.4) is 0 Å². The molecule has 0 bridgehead atoms. The Morgan fingerprint density at radius 2 is 1.71 bits per heavy atom. The number of nitrogens with one attached hydrogen (secondary N) is 1. The maximum absolute atomic E-state index is 13.3. The molecule has 2 heterocycles. The van der Waals surface area contributed by atoms with Crippen molar-refractivity contribution >= 4 is 11.6 Å². The smallest absolute Gasteiger partial charge is 0.279 e. The zero-order valence-electron chi connectivity index (χ0n) is 13.4. The van der Waals surface area contributed by atoms with Crippen molar-refractivity contribution in [2.45, 2.75) is 19.9 Å². The molecule has 0 unspecified atom stereocenters. The van der Waals surface area contributed by atoms with Gasteiger partial charge in [-0.05, 0) is 43.7 Å².